The standard InChI is InChI=1S/C5H9NO2/c7-3-4-5(8)1-2-6-4/h3-6,8H,1-2H2/t4-,5?/m1/s1. The van der Waals surface area contributed by atoms with Crippen molar-refractivity contribution in [1.82, 2.24) is 5.32 Å². The van der Waals surface area contributed by atoms with Crippen molar-refractivity contribution in [3.8, 4) is 0 Å². The van der Waals surface area contributed by atoms with E-state index in [2.05, 4.69) is 5.32 Å². The number of hydrogen-bond donors (Lipinski definition) is 2. The molecule has 3 heteroatoms. The van der Waals surface area contributed by atoms with Crippen LogP contribution in [0.3, 0.4) is 0 Å². The molecule has 1 saturated heterocycles. The fraction of sp³-hybridized carbons (Fsp3) is 0.800. The molecule has 1 rings (SSSR count). The van der Waals surface area contributed by atoms with Crippen molar-refractivity contribution in [3.05, 3.63) is 0 Å². The summed E-state index contributed by atoms with van der Waals surface area (Å²) in [6.07, 6.45) is 0.994. The van der Waals surface area contributed by atoms with E-state index in [1.807, 2.05) is 0 Å². The molecule has 1 heterocycles. The van der Waals surface area contributed by atoms with Crippen LogP contribution < -0.4 is 5.32 Å². The summed E-state index contributed by atoms with van der Waals surface area (Å²) in [7, 11) is 0. The van der Waals surface area contributed by atoms with Crippen LogP contribution in [0, 0.1) is 0 Å². The largest absolute Gasteiger partial charge is 0.391 e. The van der Waals surface area contributed by atoms with E-state index in [1.165, 1.54) is 0 Å². The maximum Gasteiger partial charge on any atom is 0.139 e. The van der Waals surface area contributed by atoms with E-state index in [1.54, 1.807) is 0 Å². The molecule has 0 aromatic heterocycles. The SMILES string of the molecule is O=C[C@H]1NCCC1O. The number of hydrogen-bond acceptors (Lipinski definition) is 3. The molecular weight excluding hydrogens is 106 g/mol. The first-order valence-electron chi connectivity index (χ1n) is 2.71. The van der Waals surface area contributed by atoms with Crippen LogP contribution in [0.1, 0.15) is 6.42 Å². The molecule has 2 N–H and O–H groups in total. The summed E-state index contributed by atoms with van der Waals surface area (Å²) >= 11 is 0. The van der Waals surface area contributed by atoms with Crippen molar-refractivity contribution in [3.63, 3.8) is 0 Å². The van der Waals surface area contributed by atoms with Gasteiger partial charge in [-0.05, 0) is 13.0 Å². The molecule has 0 saturated carbocycles. The third-order valence-corrected chi connectivity index (χ3v) is 1.38. The Balaban J connectivity index is 2.41. The van der Waals surface area contributed by atoms with Gasteiger partial charge in [-0.2, -0.15) is 0 Å². The molecular formula is C5H9NO2. The minimum Gasteiger partial charge on any atom is -0.391 e. The maximum atomic E-state index is 10.00. The molecule has 0 spiro atoms. The molecule has 2 atom stereocenters. The Bertz CT molecular complexity index is 94.4. The van der Waals surface area contributed by atoms with Crippen LogP contribution in [-0.4, -0.2) is 30.1 Å². The highest BCUT2D eigenvalue weighted by atomic mass is 16.3. The van der Waals surface area contributed by atoms with Crippen molar-refractivity contribution in [2.75, 3.05) is 6.54 Å². The normalized spacial score (nSPS) is 37.6. The molecule has 1 aliphatic heterocycles. The Morgan fingerprint density at radius 3 is 2.75 bits per heavy atom. The van der Waals surface area contributed by atoms with Gasteiger partial charge >= 0.3 is 0 Å². The van der Waals surface area contributed by atoms with E-state index in [4.69, 9.17) is 5.11 Å². The monoisotopic (exact) mass is 115 g/mol. The van der Waals surface area contributed by atoms with Gasteiger partial charge in [0.05, 0.1) is 12.1 Å². The maximum absolute atomic E-state index is 10.00. The summed E-state index contributed by atoms with van der Waals surface area (Å²) in [6.45, 7) is 0.755. The van der Waals surface area contributed by atoms with Gasteiger partial charge in [-0.3, -0.25) is 0 Å². The van der Waals surface area contributed by atoms with E-state index >= 15 is 0 Å². The second-order valence-electron chi connectivity index (χ2n) is 1.97. The quantitative estimate of drug-likeness (QED) is 0.427. The van der Waals surface area contributed by atoms with Crippen molar-refractivity contribution in [1.29, 1.82) is 0 Å². The molecule has 0 radical (unpaired) electrons. The molecule has 1 unspecified atom stereocenters. The van der Waals surface area contributed by atoms with E-state index < -0.39 is 6.10 Å². The lowest BCUT2D eigenvalue weighted by molar-refractivity contribution is -0.110. The zero-order chi connectivity index (χ0) is 5.98. The predicted octanol–water partition coefficient (Wildman–Crippen LogP) is -1.09. The van der Waals surface area contributed by atoms with Gasteiger partial charge in [-0.15, -0.1) is 0 Å². The topological polar surface area (TPSA) is 49.3 Å². The molecule has 0 bridgehead atoms. The van der Waals surface area contributed by atoms with Gasteiger partial charge in [0, 0.05) is 0 Å². The van der Waals surface area contributed by atoms with E-state index in [9.17, 15) is 4.79 Å². The van der Waals surface area contributed by atoms with Gasteiger partial charge in [0.2, 0.25) is 0 Å². The van der Waals surface area contributed by atoms with Crippen LogP contribution in [0.2, 0.25) is 0 Å². The van der Waals surface area contributed by atoms with Crippen LogP contribution >= 0.6 is 0 Å². The first-order chi connectivity index (χ1) is 3.84. The van der Waals surface area contributed by atoms with Gasteiger partial charge in [-0.25, -0.2) is 0 Å². The summed E-state index contributed by atoms with van der Waals surface area (Å²) in [5.41, 5.74) is 0. The Labute approximate surface area is 47.7 Å². The smallest absolute Gasteiger partial charge is 0.139 e. The lowest BCUT2D eigenvalue weighted by Gasteiger charge is -2.03. The number of carbonyl (C=O) groups is 1. The number of aliphatic hydroxyl groups excluding tert-OH is 1. The highest BCUT2D eigenvalue weighted by Gasteiger charge is 2.22. The van der Waals surface area contributed by atoms with Crippen molar-refractivity contribution >= 4 is 6.29 Å². The minimum atomic E-state index is -0.451. The van der Waals surface area contributed by atoms with Crippen LogP contribution in [0.5, 0.6) is 0 Å². The first kappa shape index (κ1) is 5.72. The Kier molecular flexibility index (Phi) is 1.60. The number of rotatable bonds is 1. The average molecular weight is 115 g/mol. The number of aldehydes is 1. The summed E-state index contributed by atoms with van der Waals surface area (Å²) < 4.78 is 0. The van der Waals surface area contributed by atoms with Gasteiger partial charge in [0.1, 0.15) is 6.29 Å². The zero-order valence-corrected chi connectivity index (χ0v) is 4.50. The van der Waals surface area contributed by atoms with Crippen molar-refractivity contribution in [2.24, 2.45) is 0 Å². The Morgan fingerprint density at radius 1 is 1.75 bits per heavy atom. The Morgan fingerprint density at radius 2 is 2.50 bits per heavy atom. The van der Waals surface area contributed by atoms with Gasteiger partial charge in [-0.1, -0.05) is 0 Å². The number of aliphatic hydroxyl groups is 1. The molecule has 1 fully saturated rings. The lowest BCUT2D eigenvalue weighted by atomic mass is 10.2. The molecule has 0 amide bonds. The van der Waals surface area contributed by atoms with E-state index in [0.29, 0.717) is 6.42 Å². The minimum absolute atomic E-state index is 0.310. The highest BCUT2D eigenvalue weighted by molar-refractivity contribution is 5.59. The van der Waals surface area contributed by atoms with Gasteiger partial charge < -0.3 is 15.2 Å². The summed E-state index contributed by atoms with van der Waals surface area (Å²) in [4.78, 5) is 10.00. The molecule has 46 valence electrons. The summed E-state index contributed by atoms with van der Waals surface area (Å²) in [6, 6.07) is -0.310. The first-order valence-corrected chi connectivity index (χ1v) is 2.71. The van der Waals surface area contributed by atoms with Crippen LogP contribution in [-0.2, 0) is 4.79 Å². The van der Waals surface area contributed by atoms with Gasteiger partial charge in [0.25, 0.3) is 0 Å². The highest BCUT2D eigenvalue weighted by Crippen LogP contribution is 2.02. The number of carbonyl (C=O) groups excluding carboxylic acids is 1. The molecule has 0 aromatic carbocycles. The Hall–Kier alpha value is -0.410. The fourth-order valence-corrected chi connectivity index (χ4v) is 0.852. The third kappa shape index (κ3) is 0.877. The van der Waals surface area contributed by atoms with Crippen LogP contribution in [0.4, 0.5) is 0 Å². The zero-order valence-electron chi connectivity index (χ0n) is 4.50. The molecule has 1 aliphatic rings. The van der Waals surface area contributed by atoms with Gasteiger partial charge in [0.15, 0.2) is 0 Å². The lowest BCUT2D eigenvalue weighted by Crippen LogP contribution is -2.31. The van der Waals surface area contributed by atoms with Crippen LogP contribution in [0.15, 0.2) is 0 Å². The van der Waals surface area contributed by atoms with E-state index in [0.717, 1.165) is 12.8 Å². The predicted molar refractivity (Wildman–Crippen MR) is 28.5 cm³/mol. The number of nitrogens with one attached hydrogen (secondary N) is 1. The average Bonchev–Trinajstić information content (AvgIpc) is 2.14. The fourth-order valence-electron chi connectivity index (χ4n) is 0.852. The van der Waals surface area contributed by atoms with Crippen molar-refractivity contribution < 1.29 is 9.90 Å². The summed E-state index contributed by atoms with van der Waals surface area (Å²) in [5.74, 6) is 0. The van der Waals surface area contributed by atoms with Crippen molar-refractivity contribution in [2.45, 2.75) is 18.6 Å². The van der Waals surface area contributed by atoms with Crippen LogP contribution in [0.25, 0.3) is 0 Å². The third-order valence-electron chi connectivity index (χ3n) is 1.38. The molecule has 0 aliphatic carbocycles. The van der Waals surface area contributed by atoms with E-state index in [-0.39, 0.29) is 6.04 Å². The molecule has 0 aromatic rings. The second-order valence-corrected chi connectivity index (χ2v) is 1.97. The molecule has 3 nitrogen and oxygen atoms in total. The second kappa shape index (κ2) is 2.24. The summed E-state index contributed by atoms with van der Waals surface area (Å²) in [5, 5.41) is 11.7. The molecule has 8 heavy (non-hydrogen) atoms.